The van der Waals surface area contributed by atoms with Crippen molar-refractivity contribution >= 4 is 15.9 Å². The minimum Gasteiger partial charge on any atom is -0.388 e. The van der Waals surface area contributed by atoms with Crippen LogP contribution >= 0.6 is 15.9 Å². The average Bonchev–Trinajstić information content (AvgIpc) is 2.22. The van der Waals surface area contributed by atoms with Crippen LogP contribution in [0.2, 0.25) is 0 Å². The molecule has 0 aliphatic carbocycles. The molecule has 15 heavy (non-hydrogen) atoms. The van der Waals surface area contributed by atoms with Crippen molar-refractivity contribution in [1.82, 2.24) is 0 Å². The zero-order valence-corrected chi connectivity index (χ0v) is 10.8. The van der Waals surface area contributed by atoms with Crippen LogP contribution in [0.15, 0.2) is 22.7 Å². The monoisotopic (exact) mass is 272 g/mol. The Bertz CT molecular complexity index is 312. The van der Waals surface area contributed by atoms with Crippen LogP contribution in [0.4, 0.5) is 0 Å². The van der Waals surface area contributed by atoms with E-state index in [2.05, 4.69) is 15.9 Å². The molecule has 1 aromatic carbocycles. The minimum atomic E-state index is -0.392. The van der Waals surface area contributed by atoms with Gasteiger partial charge < -0.3 is 9.84 Å². The number of ether oxygens (including phenoxy) is 1. The Hall–Kier alpha value is -0.380. The maximum absolute atomic E-state index is 9.89. The SMILES string of the molecule is COCCCC(O)c1ccc(C)c(Br)c1. The van der Waals surface area contributed by atoms with Crippen LogP contribution in [0, 0.1) is 6.92 Å². The Balaban J connectivity index is 2.57. The molecule has 1 unspecified atom stereocenters. The molecule has 0 saturated heterocycles. The van der Waals surface area contributed by atoms with Crippen LogP contribution in [-0.4, -0.2) is 18.8 Å². The summed E-state index contributed by atoms with van der Waals surface area (Å²) in [5.41, 5.74) is 2.14. The van der Waals surface area contributed by atoms with Crippen LogP contribution in [0.25, 0.3) is 0 Å². The lowest BCUT2D eigenvalue weighted by Gasteiger charge is -2.11. The second-order valence-electron chi connectivity index (χ2n) is 3.66. The first-order chi connectivity index (χ1) is 7.15. The summed E-state index contributed by atoms with van der Waals surface area (Å²) >= 11 is 3.46. The topological polar surface area (TPSA) is 29.5 Å². The van der Waals surface area contributed by atoms with Crippen LogP contribution in [0.3, 0.4) is 0 Å². The fraction of sp³-hybridized carbons (Fsp3) is 0.500. The van der Waals surface area contributed by atoms with Crippen molar-refractivity contribution in [3.05, 3.63) is 33.8 Å². The van der Waals surface area contributed by atoms with E-state index >= 15 is 0 Å². The van der Waals surface area contributed by atoms with E-state index in [1.165, 1.54) is 5.56 Å². The van der Waals surface area contributed by atoms with Gasteiger partial charge in [0.25, 0.3) is 0 Å². The summed E-state index contributed by atoms with van der Waals surface area (Å²) < 4.78 is 6.00. The van der Waals surface area contributed by atoms with Crippen LogP contribution < -0.4 is 0 Å². The molecule has 0 aliphatic heterocycles. The van der Waals surface area contributed by atoms with Crippen molar-refractivity contribution in [2.24, 2.45) is 0 Å². The lowest BCUT2D eigenvalue weighted by Crippen LogP contribution is -2.00. The van der Waals surface area contributed by atoms with Crippen molar-refractivity contribution in [1.29, 1.82) is 0 Å². The van der Waals surface area contributed by atoms with Gasteiger partial charge in [-0.15, -0.1) is 0 Å². The Morgan fingerprint density at radius 1 is 1.47 bits per heavy atom. The van der Waals surface area contributed by atoms with Crippen molar-refractivity contribution in [2.75, 3.05) is 13.7 Å². The first-order valence-electron chi connectivity index (χ1n) is 5.08. The van der Waals surface area contributed by atoms with Crippen molar-refractivity contribution in [3.8, 4) is 0 Å². The molecule has 0 aliphatic rings. The minimum absolute atomic E-state index is 0.392. The maximum atomic E-state index is 9.89. The molecule has 0 saturated carbocycles. The van der Waals surface area contributed by atoms with Gasteiger partial charge in [-0.3, -0.25) is 0 Å². The van der Waals surface area contributed by atoms with Gasteiger partial charge in [0.2, 0.25) is 0 Å². The normalized spacial score (nSPS) is 12.8. The molecular weight excluding hydrogens is 256 g/mol. The van der Waals surface area contributed by atoms with Gasteiger partial charge in [-0.05, 0) is 37.0 Å². The number of hydrogen-bond acceptors (Lipinski definition) is 2. The van der Waals surface area contributed by atoms with E-state index in [1.807, 2.05) is 25.1 Å². The number of aryl methyl sites for hydroxylation is 1. The van der Waals surface area contributed by atoms with Gasteiger partial charge in [0, 0.05) is 18.2 Å². The molecule has 0 amide bonds. The van der Waals surface area contributed by atoms with Crippen LogP contribution in [-0.2, 0) is 4.74 Å². The number of benzene rings is 1. The molecular formula is C12H17BrO2. The third kappa shape index (κ3) is 3.93. The summed E-state index contributed by atoms with van der Waals surface area (Å²) in [6.45, 7) is 2.73. The molecule has 3 heteroatoms. The standard InChI is InChI=1S/C12H17BrO2/c1-9-5-6-10(8-11(9)13)12(14)4-3-7-15-2/h5-6,8,12,14H,3-4,7H2,1-2H3. The summed E-state index contributed by atoms with van der Waals surface area (Å²) in [6, 6.07) is 5.96. The quantitative estimate of drug-likeness (QED) is 0.835. The van der Waals surface area contributed by atoms with E-state index in [-0.39, 0.29) is 0 Å². The lowest BCUT2D eigenvalue weighted by molar-refractivity contribution is 0.136. The predicted molar refractivity (Wildman–Crippen MR) is 64.9 cm³/mol. The molecule has 84 valence electrons. The number of aliphatic hydroxyl groups excluding tert-OH is 1. The van der Waals surface area contributed by atoms with Gasteiger partial charge in [-0.2, -0.15) is 0 Å². The summed E-state index contributed by atoms with van der Waals surface area (Å²) in [4.78, 5) is 0. The van der Waals surface area contributed by atoms with Gasteiger partial charge in [0.1, 0.15) is 0 Å². The van der Waals surface area contributed by atoms with E-state index in [9.17, 15) is 5.11 Å². The molecule has 1 atom stereocenters. The Labute approximate surface area is 99.4 Å². The van der Waals surface area contributed by atoms with E-state index in [1.54, 1.807) is 7.11 Å². The van der Waals surface area contributed by atoms with Crippen molar-refractivity contribution in [3.63, 3.8) is 0 Å². The third-order valence-corrected chi connectivity index (χ3v) is 3.26. The highest BCUT2D eigenvalue weighted by molar-refractivity contribution is 9.10. The molecule has 0 bridgehead atoms. The Morgan fingerprint density at radius 3 is 2.80 bits per heavy atom. The molecule has 0 radical (unpaired) electrons. The fourth-order valence-electron chi connectivity index (χ4n) is 1.40. The van der Waals surface area contributed by atoms with Gasteiger partial charge in [0.05, 0.1) is 6.10 Å². The predicted octanol–water partition coefficient (Wildman–Crippen LogP) is 3.22. The van der Waals surface area contributed by atoms with E-state index in [0.717, 1.165) is 22.9 Å². The van der Waals surface area contributed by atoms with Crippen LogP contribution in [0.1, 0.15) is 30.1 Å². The van der Waals surface area contributed by atoms with Crippen molar-refractivity contribution < 1.29 is 9.84 Å². The van der Waals surface area contributed by atoms with Gasteiger partial charge in [0.15, 0.2) is 0 Å². The smallest absolute Gasteiger partial charge is 0.0791 e. The number of hydrogen-bond donors (Lipinski definition) is 1. The highest BCUT2D eigenvalue weighted by Crippen LogP contribution is 2.24. The molecule has 1 rings (SSSR count). The summed E-state index contributed by atoms with van der Waals surface area (Å²) in [7, 11) is 1.68. The lowest BCUT2D eigenvalue weighted by atomic mass is 10.0. The van der Waals surface area contributed by atoms with Gasteiger partial charge in [-0.25, -0.2) is 0 Å². The zero-order chi connectivity index (χ0) is 11.3. The molecule has 0 fully saturated rings. The number of rotatable bonds is 5. The summed E-state index contributed by atoms with van der Waals surface area (Å²) in [5, 5.41) is 9.89. The first-order valence-corrected chi connectivity index (χ1v) is 5.87. The molecule has 0 spiro atoms. The molecule has 0 aromatic heterocycles. The number of halogens is 1. The Kier molecular flexibility index (Phi) is 5.29. The summed E-state index contributed by atoms with van der Waals surface area (Å²) in [5.74, 6) is 0. The van der Waals surface area contributed by atoms with Crippen molar-refractivity contribution in [2.45, 2.75) is 25.9 Å². The molecule has 2 nitrogen and oxygen atoms in total. The largest absolute Gasteiger partial charge is 0.388 e. The van der Waals surface area contributed by atoms with E-state index in [0.29, 0.717) is 6.61 Å². The van der Waals surface area contributed by atoms with Crippen LogP contribution in [0.5, 0.6) is 0 Å². The number of methoxy groups -OCH3 is 1. The molecule has 1 aromatic rings. The molecule has 0 heterocycles. The summed E-state index contributed by atoms with van der Waals surface area (Å²) in [6.07, 6.45) is 1.23. The second-order valence-corrected chi connectivity index (χ2v) is 4.51. The third-order valence-electron chi connectivity index (χ3n) is 2.41. The van der Waals surface area contributed by atoms with E-state index in [4.69, 9.17) is 4.74 Å². The zero-order valence-electron chi connectivity index (χ0n) is 9.16. The highest BCUT2D eigenvalue weighted by Gasteiger charge is 2.08. The van der Waals surface area contributed by atoms with E-state index < -0.39 is 6.10 Å². The highest BCUT2D eigenvalue weighted by atomic mass is 79.9. The Morgan fingerprint density at radius 2 is 2.20 bits per heavy atom. The fourth-order valence-corrected chi connectivity index (χ4v) is 1.80. The average molecular weight is 273 g/mol. The van der Waals surface area contributed by atoms with Gasteiger partial charge in [-0.1, -0.05) is 28.1 Å². The molecule has 1 N–H and O–H groups in total. The second kappa shape index (κ2) is 6.26. The number of aliphatic hydroxyl groups is 1. The first kappa shape index (κ1) is 12.7. The van der Waals surface area contributed by atoms with Gasteiger partial charge >= 0.3 is 0 Å². The maximum Gasteiger partial charge on any atom is 0.0791 e.